The Balaban J connectivity index is 3.64. The Kier molecular flexibility index (Phi) is 4.09. The molecule has 0 aromatic heterocycles. The van der Waals surface area contributed by atoms with Gasteiger partial charge in [0.05, 0.1) is 0 Å². The molecule has 0 heterocycles. The van der Waals surface area contributed by atoms with Crippen LogP contribution in [0.15, 0.2) is 0 Å². The molecule has 0 atom stereocenters. The third-order valence-corrected chi connectivity index (χ3v) is 2.16. The van der Waals surface area contributed by atoms with E-state index < -0.39 is 0 Å². The zero-order chi connectivity index (χ0) is 7.44. The van der Waals surface area contributed by atoms with E-state index in [0.717, 1.165) is 0 Å². The number of rotatable bonds is 0. The standard InChI is InChI=1S/C4H8N2S3/c1-6(2)4(8)9-3(5)7/h1-2H3,(H2,5,7). The summed E-state index contributed by atoms with van der Waals surface area (Å²) in [6.45, 7) is 0. The number of nitrogens with zero attached hydrogens (tertiary/aromatic N) is 1. The van der Waals surface area contributed by atoms with Gasteiger partial charge in [0.1, 0.15) is 8.64 Å². The predicted molar refractivity (Wildman–Crippen MR) is 50.7 cm³/mol. The van der Waals surface area contributed by atoms with Crippen LogP contribution in [-0.2, 0) is 0 Å². The molecule has 5 heteroatoms. The lowest BCUT2D eigenvalue weighted by molar-refractivity contribution is 0.648. The van der Waals surface area contributed by atoms with Gasteiger partial charge in [0.15, 0.2) is 0 Å². The lowest BCUT2D eigenvalue weighted by atomic mass is 11.0. The minimum atomic E-state index is 0.369. The Hall–Kier alpha value is 0.130. The number of nitrogens with two attached hydrogens (primary N) is 1. The van der Waals surface area contributed by atoms with Gasteiger partial charge in [-0.15, -0.1) is 0 Å². The maximum absolute atomic E-state index is 5.21. The molecular weight excluding hydrogens is 172 g/mol. The highest BCUT2D eigenvalue weighted by atomic mass is 32.2. The number of thioether (sulfide) groups is 1. The van der Waals surface area contributed by atoms with Crippen LogP contribution in [0.2, 0.25) is 0 Å². The van der Waals surface area contributed by atoms with Crippen LogP contribution in [0.3, 0.4) is 0 Å². The molecule has 0 saturated carbocycles. The zero-order valence-electron chi connectivity index (χ0n) is 5.25. The van der Waals surface area contributed by atoms with Gasteiger partial charge in [-0.3, -0.25) is 0 Å². The molecule has 0 aliphatic heterocycles. The summed E-state index contributed by atoms with van der Waals surface area (Å²) in [7, 11) is 3.71. The van der Waals surface area contributed by atoms with Crippen molar-refractivity contribution in [3.63, 3.8) is 0 Å². The molecule has 0 radical (unpaired) electrons. The number of hydrogen-bond acceptors (Lipinski definition) is 3. The Morgan fingerprint density at radius 2 is 1.89 bits per heavy atom. The van der Waals surface area contributed by atoms with Crippen LogP contribution in [-0.4, -0.2) is 27.6 Å². The summed E-state index contributed by atoms with van der Waals surface area (Å²) in [4.78, 5) is 1.79. The molecule has 0 amide bonds. The van der Waals surface area contributed by atoms with E-state index in [1.165, 1.54) is 11.8 Å². The van der Waals surface area contributed by atoms with Crippen LogP contribution in [0, 0.1) is 0 Å². The summed E-state index contributed by atoms with van der Waals surface area (Å²) in [5.74, 6) is 0. The van der Waals surface area contributed by atoms with Crippen molar-refractivity contribution in [2.75, 3.05) is 14.1 Å². The van der Waals surface area contributed by atoms with Crippen molar-refractivity contribution in [2.24, 2.45) is 5.73 Å². The second-order valence-corrected chi connectivity index (χ2v) is 3.96. The first-order valence-electron chi connectivity index (χ1n) is 2.22. The zero-order valence-corrected chi connectivity index (χ0v) is 7.70. The maximum atomic E-state index is 5.21. The summed E-state index contributed by atoms with van der Waals surface area (Å²) >= 11 is 10.7. The molecule has 0 aromatic rings. The van der Waals surface area contributed by atoms with Crippen LogP contribution < -0.4 is 5.73 Å². The first kappa shape index (κ1) is 9.13. The second-order valence-electron chi connectivity index (χ2n) is 1.58. The fourth-order valence-electron chi connectivity index (χ4n) is 0.177. The van der Waals surface area contributed by atoms with Crippen LogP contribution in [0.5, 0.6) is 0 Å². The van der Waals surface area contributed by atoms with Gasteiger partial charge >= 0.3 is 0 Å². The smallest absolute Gasteiger partial charge is 0.142 e. The average molecular weight is 180 g/mol. The molecule has 0 bridgehead atoms. The van der Waals surface area contributed by atoms with Crippen molar-refractivity contribution < 1.29 is 0 Å². The molecule has 0 rings (SSSR count). The van der Waals surface area contributed by atoms with E-state index in [0.29, 0.717) is 8.64 Å². The van der Waals surface area contributed by atoms with Crippen molar-refractivity contribution in [1.82, 2.24) is 4.90 Å². The summed E-state index contributed by atoms with van der Waals surface area (Å²) in [6, 6.07) is 0. The lowest BCUT2D eigenvalue weighted by Gasteiger charge is -2.10. The fourth-order valence-corrected chi connectivity index (χ4v) is 1.20. The van der Waals surface area contributed by atoms with Crippen LogP contribution in [0.4, 0.5) is 0 Å². The van der Waals surface area contributed by atoms with Crippen molar-refractivity contribution in [2.45, 2.75) is 0 Å². The summed E-state index contributed by atoms with van der Waals surface area (Å²) in [5.41, 5.74) is 5.21. The van der Waals surface area contributed by atoms with E-state index in [-0.39, 0.29) is 0 Å². The highest BCUT2D eigenvalue weighted by Gasteiger charge is 1.99. The molecule has 0 saturated heterocycles. The molecule has 0 spiro atoms. The Morgan fingerprint density at radius 3 is 2.00 bits per heavy atom. The van der Waals surface area contributed by atoms with Gasteiger partial charge in [-0.05, 0) is 11.8 Å². The third kappa shape index (κ3) is 4.62. The Bertz CT molecular complexity index is 132. The summed E-state index contributed by atoms with van der Waals surface area (Å²) in [6.07, 6.45) is 0. The predicted octanol–water partition coefficient (Wildman–Crippen LogP) is 0.810. The summed E-state index contributed by atoms with van der Waals surface area (Å²) in [5, 5.41) is 0. The third-order valence-electron chi connectivity index (χ3n) is 0.553. The van der Waals surface area contributed by atoms with E-state index in [4.69, 9.17) is 18.0 Å². The van der Waals surface area contributed by atoms with E-state index in [2.05, 4.69) is 12.2 Å². The molecule has 0 aromatic carbocycles. The molecular formula is C4H8N2S3. The summed E-state index contributed by atoms with van der Waals surface area (Å²) < 4.78 is 1.07. The van der Waals surface area contributed by atoms with Gasteiger partial charge in [0, 0.05) is 14.1 Å². The number of hydrogen-bond donors (Lipinski definition) is 1. The van der Waals surface area contributed by atoms with Gasteiger partial charge in [0.25, 0.3) is 0 Å². The minimum Gasteiger partial charge on any atom is -0.384 e. The molecule has 0 aliphatic rings. The monoisotopic (exact) mass is 180 g/mol. The van der Waals surface area contributed by atoms with E-state index in [9.17, 15) is 0 Å². The van der Waals surface area contributed by atoms with Gasteiger partial charge < -0.3 is 10.6 Å². The molecule has 0 aliphatic carbocycles. The van der Waals surface area contributed by atoms with Crippen LogP contribution in [0.1, 0.15) is 0 Å². The lowest BCUT2D eigenvalue weighted by Crippen LogP contribution is -2.19. The minimum absolute atomic E-state index is 0.369. The maximum Gasteiger partial charge on any atom is 0.142 e. The van der Waals surface area contributed by atoms with Crippen LogP contribution >= 0.6 is 36.2 Å². The molecule has 0 fully saturated rings. The topological polar surface area (TPSA) is 29.3 Å². The van der Waals surface area contributed by atoms with Crippen molar-refractivity contribution in [1.29, 1.82) is 0 Å². The van der Waals surface area contributed by atoms with E-state index in [1.54, 1.807) is 4.90 Å². The molecule has 0 unspecified atom stereocenters. The largest absolute Gasteiger partial charge is 0.384 e. The normalized spacial score (nSPS) is 8.67. The Labute approximate surface area is 69.8 Å². The van der Waals surface area contributed by atoms with Gasteiger partial charge in [0.2, 0.25) is 0 Å². The van der Waals surface area contributed by atoms with Crippen molar-refractivity contribution >= 4 is 44.8 Å². The Morgan fingerprint density at radius 1 is 1.44 bits per heavy atom. The fraction of sp³-hybridized carbons (Fsp3) is 0.500. The van der Waals surface area contributed by atoms with Crippen molar-refractivity contribution in [3.05, 3.63) is 0 Å². The number of thiocarbonyl (C=S) groups is 2. The molecule has 2 nitrogen and oxygen atoms in total. The highest BCUT2D eigenvalue weighted by Crippen LogP contribution is 2.05. The SMILES string of the molecule is CN(C)C(=S)SC(N)=S. The second kappa shape index (κ2) is 4.03. The highest BCUT2D eigenvalue weighted by molar-refractivity contribution is 8.37. The molecule has 2 N–H and O–H groups in total. The molecule has 52 valence electrons. The van der Waals surface area contributed by atoms with Gasteiger partial charge in [-0.25, -0.2) is 0 Å². The van der Waals surface area contributed by atoms with E-state index in [1.807, 2.05) is 14.1 Å². The van der Waals surface area contributed by atoms with Gasteiger partial charge in [-0.2, -0.15) is 0 Å². The molecule has 9 heavy (non-hydrogen) atoms. The van der Waals surface area contributed by atoms with Gasteiger partial charge in [-0.1, -0.05) is 24.4 Å². The van der Waals surface area contributed by atoms with E-state index >= 15 is 0 Å². The quantitative estimate of drug-likeness (QED) is 0.557. The van der Waals surface area contributed by atoms with Crippen LogP contribution in [0.25, 0.3) is 0 Å². The average Bonchev–Trinajstić information content (AvgIpc) is 1.63. The first-order chi connectivity index (χ1) is 4.04. The van der Waals surface area contributed by atoms with Crippen molar-refractivity contribution in [3.8, 4) is 0 Å². The first-order valence-corrected chi connectivity index (χ1v) is 3.86.